The SMILES string of the molecule is O=C(CCC1CCCCC1)N1CC[NH+](c2cccc(Cl)n2)CC1.[Cl-]. The van der Waals surface area contributed by atoms with Gasteiger partial charge in [0.05, 0.1) is 13.1 Å². The van der Waals surface area contributed by atoms with Gasteiger partial charge < -0.3 is 17.3 Å². The molecule has 1 aromatic rings. The van der Waals surface area contributed by atoms with Gasteiger partial charge in [0, 0.05) is 12.5 Å². The number of rotatable bonds is 4. The Bertz CT molecular complexity index is 527. The maximum Gasteiger partial charge on any atom is 0.227 e. The molecule has 0 bridgehead atoms. The Kier molecular flexibility index (Phi) is 7.79. The minimum atomic E-state index is 0. The number of nitrogens with zero attached hydrogens (tertiary/aromatic N) is 2. The molecule has 134 valence electrons. The largest absolute Gasteiger partial charge is 1.00 e. The van der Waals surface area contributed by atoms with Crippen molar-refractivity contribution in [2.75, 3.05) is 26.2 Å². The number of hydrogen-bond donors (Lipinski definition) is 1. The van der Waals surface area contributed by atoms with E-state index in [9.17, 15) is 4.79 Å². The summed E-state index contributed by atoms with van der Waals surface area (Å²) in [5, 5.41) is 0.543. The number of nitrogens with one attached hydrogen (secondary N) is 1. The minimum Gasteiger partial charge on any atom is -1.00 e. The van der Waals surface area contributed by atoms with E-state index in [1.165, 1.54) is 37.0 Å². The molecule has 1 amide bonds. The second-order valence-corrected chi connectivity index (χ2v) is 7.26. The third-order valence-electron chi connectivity index (χ3n) is 5.29. The quantitative estimate of drug-likeness (QED) is 0.721. The molecule has 0 spiro atoms. The maximum absolute atomic E-state index is 12.4. The Balaban J connectivity index is 0.00000208. The van der Waals surface area contributed by atoms with E-state index in [0.717, 1.165) is 50.8 Å². The lowest BCUT2D eigenvalue weighted by Crippen LogP contribution is -3.10. The summed E-state index contributed by atoms with van der Waals surface area (Å²) in [6, 6.07) is 5.76. The molecule has 2 heterocycles. The Morgan fingerprint density at radius 1 is 1.21 bits per heavy atom. The lowest BCUT2D eigenvalue weighted by Gasteiger charge is -2.32. The molecule has 0 unspecified atom stereocenters. The monoisotopic (exact) mass is 371 g/mol. The van der Waals surface area contributed by atoms with Crippen molar-refractivity contribution in [3.05, 3.63) is 23.4 Å². The average molecular weight is 372 g/mol. The average Bonchev–Trinajstić information content (AvgIpc) is 2.61. The smallest absolute Gasteiger partial charge is 0.227 e. The van der Waals surface area contributed by atoms with Crippen LogP contribution in [0.4, 0.5) is 5.82 Å². The molecule has 0 aromatic carbocycles. The molecule has 6 heteroatoms. The number of carbonyl (C=O) groups is 1. The van der Waals surface area contributed by atoms with E-state index in [0.29, 0.717) is 11.1 Å². The van der Waals surface area contributed by atoms with E-state index in [1.807, 2.05) is 17.0 Å². The predicted molar refractivity (Wildman–Crippen MR) is 92.0 cm³/mol. The summed E-state index contributed by atoms with van der Waals surface area (Å²) >= 11 is 5.97. The minimum absolute atomic E-state index is 0. The number of carbonyl (C=O) groups excluding carboxylic acids is 1. The van der Waals surface area contributed by atoms with Gasteiger partial charge in [0.15, 0.2) is 0 Å². The van der Waals surface area contributed by atoms with Gasteiger partial charge in [-0.25, -0.2) is 0 Å². The third kappa shape index (κ3) is 5.33. The van der Waals surface area contributed by atoms with Gasteiger partial charge in [0.2, 0.25) is 11.7 Å². The van der Waals surface area contributed by atoms with Gasteiger partial charge in [-0.3, -0.25) is 9.69 Å². The number of pyridine rings is 1. The lowest BCUT2D eigenvalue weighted by molar-refractivity contribution is -0.840. The van der Waals surface area contributed by atoms with Crippen LogP contribution < -0.4 is 17.3 Å². The highest BCUT2D eigenvalue weighted by molar-refractivity contribution is 6.29. The Morgan fingerprint density at radius 3 is 2.58 bits per heavy atom. The van der Waals surface area contributed by atoms with Crippen LogP contribution in [0.2, 0.25) is 5.15 Å². The van der Waals surface area contributed by atoms with E-state index in [2.05, 4.69) is 4.98 Å². The second kappa shape index (κ2) is 9.59. The molecule has 2 aliphatic rings. The predicted octanol–water partition coefficient (Wildman–Crippen LogP) is -0.542. The van der Waals surface area contributed by atoms with Crippen LogP contribution >= 0.6 is 11.6 Å². The fourth-order valence-corrected chi connectivity index (χ4v) is 4.01. The fraction of sp³-hybridized carbons (Fsp3) is 0.667. The van der Waals surface area contributed by atoms with Crippen molar-refractivity contribution in [2.45, 2.75) is 44.9 Å². The first-order valence-corrected chi connectivity index (χ1v) is 9.35. The van der Waals surface area contributed by atoms with Crippen molar-refractivity contribution in [3.63, 3.8) is 0 Å². The van der Waals surface area contributed by atoms with E-state index in [1.54, 1.807) is 6.07 Å². The number of aromatic nitrogens is 1. The highest BCUT2D eigenvalue weighted by Crippen LogP contribution is 2.27. The van der Waals surface area contributed by atoms with Crippen LogP contribution in [0.5, 0.6) is 0 Å². The molecule has 1 saturated carbocycles. The van der Waals surface area contributed by atoms with Gasteiger partial charge in [-0.05, 0) is 18.4 Å². The van der Waals surface area contributed by atoms with Crippen LogP contribution in [-0.2, 0) is 4.79 Å². The fourth-order valence-electron chi connectivity index (χ4n) is 3.85. The zero-order chi connectivity index (χ0) is 16.1. The van der Waals surface area contributed by atoms with Gasteiger partial charge in [0.25, 0.3) is 0 Å². The van der Waals surface area contributed by atoms with Crippen molar-refractivity contribution in [2.24, 2.45) is 5.92 Å². The lowest BCUT2D eigenvalue weighted by atomic mass is 9.86. The van der Waals surface area contributed by atoms with Crippen molar-refractivity contribution < 1.29 is 22.1 Å². The second-order valence-electron chi connectivity index (χ2n) is 6.87. The van der Waals surface area contributed by atoms with Gasteiger partial charge in [-0.2, -0.15) is 4.98 Å². The zero-order valence-electron chi connectivity index (χ0n) is 14.1. The molecule has 2 fully saturated rings. The first kappa shape index (κ1) is 19.5. The molecule has 3 rings (SSSR count). The molecule has 1 aliphatic carbocycles. The molecular formula is C18H27Cl2N3O. The number of quaternary nitrogens is 1. The standard InChI is InChI=1S/C18H26ClN3O.ClH/c19-16-7-4-8-17(20-16)21-11-13-22(14-12-21)18(23)10-9-15-5-2-1-3-6-15;/h4,7-8,15H,1-3,5-6,9-14H2;1H. The molecule has 1 saturated heterocycles. The van der Waals surface area contributed by atoms with E-state index >= 15 is 0 Å². The summed E-state index contributed by atoms with van der Waals surface area (Å²) in [6.07, 6.45) is 8.56. The first-order valence-electron chi connectivity index (χ1n) is 8.98. The summed E-state index contributed by atoms with van der Waals surface area (Å²) in [7, 11) is 0. The Hall–Kier alpha value is -0.840. The van der Waals surface area contributed by atoms with Crippen LogP contribution in [0, 0.1) is 5.92 Å². The van der Waals surface area contributed by atoms with Gasteiger partial charge >= 0.3 is 0 Å². The van der Waals surface area contributed by atoms with Crippen molar-refractivity contribution in [1.29, 1.82) is 0 Å². The molecule has 1 N–H and O–H groups in total. The highest BCUT2D eigenvalue weighted by Gasteiger charge is 2.26. The van der Waals surface area contributed by atoms with Gasteiger partial charge in [-0.1, -0.05) is 49.8 Å². The molecule has 0 radical (unpaired) electrons. The molecule has 1 aromatic heterocycles. The van der Waals surface area contributed by atoms with Crippen LogP contribution in [0.1, 0.15) is 44.9 Å². The molecule has 0 atom stereocenters. The van der Waals surface area contributed by atoms with Crippen molar-refractivity contribution >= 4 is 23.3 Å². The number of hydrogen-bond acceptors (Lipinski definition) is 2. The van der Waals surface area contributed by atoms with Crippen LogP contribution in [0.3, 0.4) is 0 Å². The summed E-state index contributed by atoms with van der Waals surface area (Å²) < 4.78 is 0. The van der Waals surface area contributed by atoms with Gasteiger partial charge in [-0.15, -0.1) is 0 Å². The number of amides is 1. The van der Waals surface area contributed by atoms with E-state index < -0.39 is 0 Å². The summed E-state index contributed by atoms with van der Waals surface area (Å²) in [5.74, 6) is 2.12. The van der Waals surface area contributed by atoms with Crippen molar-refractivity contribution in [1.82, 2.24) is 9.88 Å². The summed E-state index contributed by atoms with van der Waals surface area (Å²) in [6.45, 7) is 3.49. The topological polar surface area (TPSA) is 37.6 Å². The zero-order valence-corrected chi connectivity index (χ0v) is 15.7. The van der Waals surface area contributed by atoms with Crippen molar-refractivity contribution in [3.8, 4) is 0 Å². The van der Waals surface area contributed by atoms with Crippen LogP contribution in [0.25, 0.3) is 0 Å². The Labute approximate surface area is 156 Å². The van der Waals surface area contributed by atoms with Crippen LogP contribution in [-0.4, -0.2) is 42.0 Å². The Morgan fingerprint density at radius 2 is 1.92 bits per heavy atom. The molecule has 4 nitrogen and oxygen atoms in total. The van der Waals surface area contributed by atoms with E-state index in [4.69, 9.17) is 11.6 Å². The van der Waals surface area contributed by atoms with Crippen LogP contribution in [0.15, 0.2) is 18.2 Å². The normalized spacial score (nSPS) is 19.8. The molecule has 24 heavy (non-hydrogen) atoms. The summed E-state index contributed by atoms with van der Waals surface area (Å²) in [5.41, 5.74) is 0. The maximum atomic E-state index is 12.4. The highest BCUT2D eigenvalue weighted by atomic mass is 35.5. The van der Waals surface area contributed by atoms with Gasteiger partial charge in [0.1, 0.15) is 18.2 Å². The molecule has 1 aliphatic heterocycles. The van der Waals surface area contributed by atoms with E-state index in [-0.39, 0.29) is 12.4 Å². The third-order valence-corrected chi connectivity index (χ3v) is 5.50. The molecular weight excluding hydrogens is 345 g/mol. The first-order chi connectivity index (χ1) is 11.2. The number of piperazine rings is 1. The number of halogens is 2. The summed E-state index contributed by atoms with van der Waals surface area (Å²) in [4.78, 5) is 20.2.